The summed E-state index contributed by atoms with van der Waals surface area (Å²) in [5, 5.41) is 0. The average molecular weight is 301 g/mol. The number of para-hydroxylation sites is 2. The van der Waals surface area contributed by atoms with Crippen LogP contribution in [-0.4, -0.2) is 20.3 Å². The zero-order chi connectivity index (χ0) is 15.8. The van der Waals surface area contributed by atoms with Crippen LogP contribution in [0.3, 0.4) is 0 Å². The zero-order valence-corrected chi connectivity index (χ0v) is 13.2. The summed E-state index contributed by atoms with van der Waals surface area (Å²) >= 11 is 0. The first-order valence-corrected chi connectivity index (χ1v) is 7.46. The van der Waals surface area contributed by atoms with E-state index in [4.69, 9.17) is 19.9 Å². The molecule has 0 unspecified atom stereocenters. The van der Waals surface area contributed by atoms with Crippen molar-refractivity contribution in [2.24, 2.45) is 0 Å². The fourth-order valence-electron chi connectivity index (χ4n) is 2.09. The Morgan fingerprint density at radius 3 is 2.09 bits per heavy atom. The molecular formula is C18H23NO3. The van der Waals surface area contributed by atoms with Crippen LogP contribution >= 0.6 is 0 Å². The van der Waals surface area contributed by atoms with Crippen molar-refractivity contribution in [1.82, 2.24) is 0 Å². The van der Waals surface area contributed by atoms with Gasteiger partial charge in [-0.1, -0.05) is 18.2 Å². The average Bonchev–Trinajstić information content (AvgIpc) is 2.55. The van der Waals surface area contributed by atoms with Crippen LogP contribution in [0.5, 0.6) is 17.2 Å². The predicted octanol–water partition coefficient (Wildman–Crippen LogP) is 3.82. The molecule has 22 heavy (non-hydrogen) atoms. The fourth-order valence-corrected chi connectivity index (χ4v) is 2.09. The van der Waals surface area contributed by atoms with Gasteiger partial charge in [0.15, 0.2) is 11.5 Å². The van der Waals surface area contributed by atoms with Crippen molar-refractivity contribution in [3.8, 4) is 17.2 Å². The highest BCUT2D eigenvalue weighted by Crippen LogP contribution is 2.26. The van der Waals surface area contributed by atoms with Gasteiger partial charge in [-0.25, -0.2) is 0 Å². The molecule has 0 amide bonds. The first kappa shape index (κ1) is 16.0. The van der Waals surface area contributed by atoms with Crippen molar-refractivity contribution in [2.75, 3.05) is 26.1 Å². The lowest BCUT2D eigenvalue weighted by Gasteiger charge is -2.12. The van der Waals surface area contributed by atoms with E-state index in [2.05, 4.69) is 0 Å². The molecule has 0 aromatic heterocycles. The first-order valence-electron chi connectivity index (χ1n) is 7.46. The van der Waals surface area contributed by atoms with Crippen LogP contribution in [0.4, 0.5) is 5.69 Å². The number of hydrogen-bond acceptors (Lipinski definition) is 4. The summed E-state index contributed by atoms with van der Waals surface area (Å²) in [6.45, 7) is 3.26. The van der Waals surface area contributed by atoms with Gasteiger partial charge in [-0.05, 0) is 44.0 Å². The summed E-state index contributed by atoms with van der Waals surface area (Å²) in [5.74, 6) is 2.39. The second-order valence-corrected chi connectivity index (χ2v) is 5.03. The van der Waals surface area contributed by atoms with Crippen LogP contribution in [0.15, 0.2) is 42.5 Å². The Morgan fingerprint density at radius 2 is 1.41 bits per heavy atom. The van der Waals surface area contributed by atoms with Gasteiger partial charge < -0.3 is 19.9 Å². The lowest BCUT2D eigenvalue weighted by molar-refractivity contribution is 0.258. The van der Waals surface area contributed by atoms with Gasteiger partial charge in [0, 0.05) is 11.3 Å². The number of hydrogen-bond donors (Lipinski definition) is 1. The molecule has 0 atom stereocenters. The van der Waals surface area contributed by atoms with Crippen LogP contribution in [-0.2, 0) is 0 Å². The van der Waals surface area contributed by atoms with Crippen LogP contribution in [0, 0.1) is 6.92 Å². The summed E-state index contributed by atoms with van der Waals surface area (Å²) in [7, 11) is 1.64. The number of nitrogens with two attached hydrogens (primary N) is 1. The van der Waals surface area contributed by atoms with Gasteiger partial charge in [0.2, 0.25) is 0 Å². The third kappa shape index (κ3) is 4.32. The molecule has 2 aromatic rings. The van der Waals surface area contributed by atoms with Crippen LogP contribution in [0.1, 0.15) is 18.4 Å². The van der Waals surface area contributed by atoms with Gasteiger partial charge in [0.25, 0.3) is 0 Å². The molecule has 0 saturated heterocycles. The Balaban J connectivity index is 1.68. The quantitative estimate of drug-likeness (QED) is 0.595. The Kier molecular flexibility index (Phi) is 5.95. The van der Waals surface area contributed by atoms with Crippen LogP contribution in [0.2, 0.25) is 0 Å². The van der Waals surface area contributed by atoms with Crippen molar-refractivity contribution in [3.63, 3.8) is 0 Å². The van der Waals surface area contributed by atoms with Crippen molar-refractivity contribution >= 4 is 5.69 Å². The SMILES string of the molecule is COc1ccccc1OCCCCOc1cccc(N)c1C. The number of ether oxygens (including phenoxy) is 3. The first-order chi connectivity index (χ1) is 10.7. The minimum Gasteiger partial charge on any atom is -0.493 e. The van der Waals surface area contributed by atoms with E-state index in [1.807, 2.05) is 49.4 Å². The number of unbranched alkanes of at least 4 members (excludes halogenated alkanes) is 1. The predicted molar refractivity (Wildman–Crippen MR) is 88.8 cm³/mol. The summed E-state index contributed by atoms with van der Waals surface area (Å²) in [6, 6.07) is 13.4. The lowest BCUT2D eigenvalue weighted by Crippen LogP contribution is -2.04. The molecule has 0 fully saturated rings. The van der Waals surface area contributed by atoms with Crippen molar-refractivity contribution < 1.29 is 14.2 Å². The molecule has 118 valence electrons. The number of nitrogen functional groups attached to an aromatic ring is 1. The normalized spacial score (nSPS) is 10.3. The van der Waals surface area contributed by atoms with Gasteiger partial charge in [-0.3, -0.25) is 0 Å². The van der Waals surface area contributed by atoms with E-state index in [0.29, 0.717) is 13.2 Å². The van der Waals surface area contributed by atoms with Gasteiger partial charge in [-0.2, -0.15) is 0 Å². The van der Waals surface area contributed by atoms with Crippen molar-refractivity contribution in [3.05, 3.63) is 48.0 Å². The second kappa shape index (κ2) is 8.17. The maximum absolute atomic E-state index is 5.85. The lowest BCUT2D eigenvalue weighted by atomic mass is 10.2. The Labute approximate surface area is 131 Å². The minimum atomic E-state index is 0.639. The van der Waals surface area contributed by atoms with Crippen LogP contribution in [0.25, 0.3) is 0 Å². The van der Waals surface area contributed by atoms with Gasteiger partial charge in [0.1, 0.15) is 5.75 Å². The summed E-state index contributed by atoms with van der Waals surface area (Å²) < 4.78 is 16.7. The molecular weight excluding hydrogens is 278 g/mol. The van der Waals surface area contributed by atoms with Gasteiger partial charge in [0.05, 0.1) is 20.3 Å². The number of benzene rings is 2. The van der Waals surface area contributed by atoms with Crippen LogP contribution < -0.4 is 19.9 Å². The molecule has 2 rings (SSSR count). The highest BCUT2D eigenvalue weighted by atomic mass is 16.5. The molecule has 0 radical (unpaired) electrons. The number of rotatable bonds is 8. The molecule has 2 aromatic carbocycles. The number of methoxy groups -OCH3 is 1. The van der Waals surface area contributed by atoms with Gasteiger partial charge >= 0.3 is 0 Å². The van der Waals surface area contributed by atoms with E-state index in [-0.39, 0.29) is 0 Å². The fraction of sp³-hybridized carbons (Fsp3) is 0.333. The molecule has 0 spiro atoms. The highest BCUT2D eigenvalue weighted by molar-refractivity contribution is 5.53. The molecule has 2 N–H and O–H groups in total. The van der Waals surface area contributed by atoms with E-state index in [1.165, 1.54) is 0 Å². The third-order valence-electron chi connectivity index (χ3n) is 3.45. The van der Waals surface area contributed by atoms with E-state index < -0.39 is 0 Å². The largest absolute Gasteiger partial charge is 0.493 e. The molecule has 0 saturated carbocycles. The van der Waals surface area contributed by atoms with E-state index >= 15 is 0 Å². The molecule has 0 aliphatic rings. The second-order valence-electron chi connectivity index (χ2n) is 5.03. The Hall–Kier alpha value is -2.36. The molecule has 0 aliphatic carbocycles. The van der Waals surface area contributed by atoms with Gasteiger partial charge in [-0.15, -0.1) is 0 Å². The zero-order valence-electron chi connectivity index (χ0n) is 13.2. The van der Waals surface area contributed by atoms with E-state index in [9.17, 15) is 0 Å². The maximum atomic E-state index is 5.85. The third-order valence-corrected chi connectivity index (χ3v) is 3.45. The monoisotopic (exact) mass is 301 g/mol. The Bertz CT molecular complexity index is 599. The van der Waals surface area contributed by atoms with Crippen molar-refractivity contribution in [2.45, 2.75) is 19.8 Å². The summed E-state index contributed by atoms with van der Waals surface area (Å²) in [6.07, 6.45) is 1.84. The molecule has 0 bridgehead atoms. The molecule has 4 nitrogen and oxygen atoms in total. The highest BCUT2D eigenvalue weighted by Gasteiger charge is 2.03. The number of anilines is 1. The maximum Gasteiger partial charge on any atom is 0.161 e. The summed E-state index contributed by atoms with van der Waals surface area (Å²) in [4.78, 5) is 0. The van der Waals surface area contributed by atoms with E-state index in [1.54, 1.807) is 7.11 Å². The van der Waals surface area contributed by atoms with Crippen molar-refractivity contribution in [1.29, 1.82) is 0 Å². The molecule has 0 heterocycles. The smallest absolute Gasteiger partial charge is 0.161 e. The topological polar surface area (TPSA) is 53.7 Å². The minimum absolute atomic E-state index is 0.639. The van der Waals surface area contributed by atoms with E-state index in [0.717, 1.165) is 41.3 Å². The Morgan fingerprint density at radius 1 is 0.818 bits per heavy atom. The standard InChI is InChI=1S/C18H23NO3/c1-14-15(19)8-7-11-16(14)21-12-5-6-13-22-18-10-4-3-9-17(18)20-2/h3-4,7-11H,5-6,12-13,19H2,1-2H3. The molecule has 0 aliphatic heterocycles. The summed E-state index contributed by atoms with van der Waals surface area (Å²) in [5.41, 5.74) is 7.61. The molecule has 4 heteroatoms.